The van der Waals surface area contributed by atoms with Crippen molar-refractivity contribution in [3.63, 3.8) is 0 Å². The molecule has 7 nitrogen and oxygen atoms in total. The molecule has 2 aromatic carbocycles. The van der Waals surface area contributed by atoms with Gasteiger partial charge in [-0.1, -0.05) is 43.5 Å². The Bertz CT molecular complexity index is 1030. The Balaban J connectivity index is 2.18. The van der Waals surface area contributed by atoms with Gasteiger partial charge in [0.25, 0.3) is 5.69 Å². The van der Waals surface area contributed by atoms with Crippen LogP contribution in [0.25, 0.3) is 0 Å². The van der Waals surface area contributed by atoms with Crippen molar-refractivity contribution in [3.8, 4) is 0 Å². The fraction of sp³-hybridized carbons (Fsp3) is 0.364. The number of alkyl halides is 3. The van der Waals surface area contributed by atoms with E-state index in [1.165, 1.54) is 18.2 Å². The van der Waals surface area contributed by atoms with Gasteiger partial charge in [0.15, 0.2) is 0 Å². The van der Waals surface area contributed by atoms with Crippen LogP contribution in [0, 0.1) is 10.1 Å². The highest BCUT2D eigenvalue weighted by molar-refractivity contribution is 5.94. The van der Waals surface area contributed by atoms with Gasteiger partial charge in [-0.15, -0.1) is 0 Å². The molecular weight excluding hydrogens is 427 g/mol. The molecule has 1 saturated carbocycles. The van der Waals surface area contributed by atoms with Gasteiger partial charge in [-0.05, 0) is 30.5 Å². The molecule has 0 aliphatic heterocycles. The third-order valence-electron chi connectivity index (χ3n) is 5.61. The summed E-state index contributed by atoms with van der Waals surface area (Å²) in [5.74, 6) is -3.42. The molecule has 1 atom stereocenters. The lowest BCUT2D eigenvalue weighted by Gasteiger charge is -2.27. The van der Waals surface area contributed by atoms with Crippen molar-refractivity contribution in [2.24, 2.45) is 5.73 Å². The quantitative estimate of drug-likeness (QED) is 0.505. The molecule has 1 aliphatic carbocycles. The van der Waals surface area contributed by atoms with E-state index in [2.05, 4.69) is 5.32 Å². The van der Waals surface area contributed by atoms with Gasteiger partial charge in [0.2, 0.25) is 11.8 Å². The lowest BCUT2D eigenvalue weighted by molar-refractivity contribution is -0.385. The maximum Gasteiger partial charge on any atom is 0.416 e. The molecule has 0 aromatic heterocycles. The zero-order valence-corrected chi connectivity index (χ0v) is 17.0. The third kappa shape index (κ3) is 5.06. The van der Waals surface area contributed by atoms with Gasteiger partial charge in [-0.25, -0.2) is 0 Å². The number of nitro groups is 1. The summed E-state index contributed by atoms with van der Waals surface area (Å²) in [6.07, 6.45) is -0.797. The first-order chi connectivity index (χ1) is 15.1. The SMILES string of the molecule is NC(=O)c1ccc(C(C(=O)NC2CCCCC2)c2ccccc2[N+](=O)[O-])c(C(F)(F)F)c1. The van der Waals surface area contributed by atoms with Gasteiger partial charge in [0.05, 0.1) is 16.4 Å². The van der Waals surface area contributed by atoms with Crippen molar-refractivity contribution >= 4 is 17.5 Å². The predicted molar refractivity (Wildman–Crippen MR) is 110 cm³/mol. The van der Waals surface area contributed by atoms with Crippen LogP contribution in [-0.4, -0.2) is 22.8 Å². The van der Waals surface area contributed by atoms with Crippen molar-refractivity contribution in [2.75, 3.05) is 0 Å². The summed E-state index contributed by atoms with van der Waals surface area (Å²) in [5.41, 5.74) is 2.40. The van der Waals surface area contributed by atoms with Crippen molar-refractivity contribution in [3.05, 3.63) is 74.8 Å². The molecular formula is C22H22F3N3O4. The normalized spacial score (nSPS) is 15.7. The van der Waals surface area contributed by atoms with E-state index >= 15 is 0 Å². The zero-order chi connectivity index (χ0) is 23.5. The van der Waals surface area contributed by atoms with Gasteiger partial charge in [0.1, 0.15) is 0 Å². The van der Waals surface area contributed by atoms with Gasteiger partial charge in [-0.2, -0.15) is 13.2 Å². The number of carbonyl (C=O) groups is 2. The molecule has 1 aliphatic rings. The number of hydrogen-bond donors (Lipinski definition) is 2. The molecule has 0 heterocycles. The van der Waals surface area contributed by atoms with Crippen molar-refractivity contribution in [2.45, 2.75) is 50.2 Å². The molecule has 3 N–H and O–H groups in total. The summed E-state index contributed by atoms with van der Waals surface area (Å²) in [6.45, 7) is 0. The first-order valence-electron chi connectivity index (χ1n) is 10.1. The number of hydrogen-bond acceptors (Lipinski definition) is 4. The maximum atomic E-state index is 13.9. The molecule has 1 fully saturated rings. The van der Waals surface area contributed by atoms with E-state index in [-0.39, 0.29) is 17.2 Å². The fourth-order valence-corrected chi connectivity index (χ4v) is 4.09. The Morgan fingerprint density at radius 1 is 1.06 bits per heavy atom. The number of nitrogens with two attached hydrogens (primary N) is 1. The van der Waals surface area contributed by atoms with Gasteiger partial charge in [-0.3, -0.25) is 19.7 Å². The zero-order valence-electron chi connectivity index (χ0n) is 17.0. The third-order valence-corrected chi connectivity index (χ3v) is 5.61. The summed E-state index contributed by atoms with van der Waals surface area (Å²) in [7, 11) is 0. The van der Waals surface area contributed by atoms with E-state index in [9.17, 15) is 32.9 Å². The average molecular weight is 449 g/mol. The van der Waals surface area contributed by atoms with E-state index in [4.69, 9.17) is 5.73 Å². The lowest BCUT2D eigenvalue weighted by Crippen LogP contribution is -2.40. The molecule has 0 spiro atoms. The summed E-state index contributed by atoms with van der Waals surface area (Å²) >= 11 is 0. The summed E-state index contributed by atoms with van der Waals surface area (Å²) in [5, 5.41) is 14.4. The van der Waals surface area contributed by atoms with E-state index in [1.54, 1.807) is 0 Å². The van der Waals surface area contributed by atoms with Crippen LogP contribution in [0.3, 0.4) is 0 Å². The Labute approximate surface area is 181 Å². The second kappa shape index (κ2) is 9.37. The van der Waals surface area contributed by atoms with E-state index < -0.39 is 45.6 Å². The molecule has 0 radical (unpaired) electrons. The number of benzene rings is 2. The number of amides is 2. The highest BCUT2D eigenvalue weighted by Gasteiger charge is 2.40. The average Bonchev–Trinajstić information content (AvgIpc) is 2.74. The molecule has 10 heteroatoms. The fourth-order valence-electron chi connectivity index (χ4n) is 4.09. The largest absolute Gasteiger partial charge is 0.416 e. The summed E-state index contributed by atoms with van der Waals surface area (Å²) in [6, 6.07) is 7.64. The number of halogens is 3. The minimum Gasteiger partial charge on any atom is -0.366 e. The highest BCUT2D eigenvalue weighted by atomic mass is 19.4. The second-order valence-corrected chi connectivity index (χ2v) is 7.76. The standard InChI is InChI=1S/C22H22F3N3O4/c23-22(24,25)17-12-13(20(26)29)10-11-15(17)19(16-8-4-5-9-18(16)28(31)32)21(30)27-14-6-2-1-3-7-14/h4-5,8-12,14,19H,1-3,6-7H2,(H2,26,29)(H,27,30). The molecule has 0 saturated heterocycles. The Morgan fingerprint density at radius 2 is 1.72 bits per heavy atom. The van der Waals surface area contributed by atoms with Crippen LogP contribution < -0.4 is 11.1 Å². The van der Waals surface area contributed by atoms with E-state index in [1.807, 2.05) is 0 Å². The maximum absolute atomic E-state index is 13.9. The van der Waals surface area contributed by atoms with Crippen molar-refractivity contribution < 1.29 is 27.7 Å². The van der Waals surface area contributed by atoms with Crippen LogP contribution in [0.1, 0.15) is 65.1 Å². The van der Waals surface area contributed by atoms with Crippen LogP contribution in [0.2, 0.25) is 0 Å². The molecule has 1 unspecified atom stereocenters. The monoisotopic (exact) mass is 449 g/mol. The second-order valence-electron chi connectivity index (χ2n) is 7.76. The van der Waals surface area contributed by atoms with Gasteiger partial charge >= 0.3 is 6.18 Å². The Kier molecular flexibility index (Phi) is 6.81. The smallest absolute Gasteiger partial charge is 0.366 e. The first kappa shape index (κ1) is 23.2. The number of nitrogens with zero attached hydrogens (tertiary/aromatic N) is 1. The van der Waals surface area contributed by atoms with Crippen LogP contribution in [0.5, 0.6) is 0 Å². The summed E-state index contributed by atoms with van der Waals surface area (Å²) < 4.78 is 41.8. The molecule has 0 bridgehead atoms. The molecule has 3 rings (SSSR count). The topological polar surface area (TPSA) is 115 Å². The molecule has 32 heavy (non-hydrogen) atoms. The Morgan fingerprint density at radius 3 is 2.31 bits per heavy atom. The lowest BCUT2D eigenvalue weighted by atomic mass is 9.84. The van der Waals surface area contributed by atoms with Gasteiger partial charge in [0, 0.05) is 23.2 Å². The number of primary amides is 1. The first-order valence-corrected chi connectivity index (χ1v) is 10.1. The van der Waals surface area contributed by atoms with Crippen molar-refractivity contribution in [1.82, 2.24) is 5.32 Å². The minimum atomic E-state index is -4.92. The van der Waals surface area contributed by atoms with Crippen LogP contribution >= 0.6 is 0 Å². The highest BCUT2D eigenvalue weighted by Crippen LogP contribution is 2.40. The Hall–Kier alpha value is -3.43. The number of para-hydroxylation sites is 1. The number of carbonyl (C=O) groups excluding carboxylic acids is 2. The van der Waals surface area contributed by atoms with E-state index in [0.717, 1.165) is 37.5 Å². The molecule has 2 aromatic rings. The van der Waals surface area contributed by atoms with Crippen LogP contribution in [0.4, 0.5) is 18.9 Å². The molecule has 170 valence electrons. The number of rotatable bonds is 6. The van der Waals surface area contributed by atoms with Crippen LogP contribution in [-0.2, 0) is 11.0 Å². The number of nitrogens with one attached hydrogen (secondary N) is 1. The van der Waals surface area contributed by atoms with Gasteiger partial charge < -0.3 is 11.1 Å². The summed E-state index contributed by atoms with van der Waals surface area (Å²) in [4.78, 5) is 35.6. The number of nitro benzene ring substituents is 1. The van der Waals surface area contributed by atoms with Crippen molar-refractivity contribution in [1.29, 1.82) is 0 Å². The van der Waals surface area contributed by atoms with E-state index in [0.29, 0.717) is 18.9 Å². The van der Waals surface area contributed by atoms with Crippen LogP contribution in [0.15, 0.2) is 42.5 Å². The predicted octanol–water partition coefficient (Wildman–Crippen LogP) is 4.29. The molecule has 2 amide bonds. The minimum absolute atomic E-state index is 0.164.